The van der Waals surface area contributed by atoms with Gasteiger partial charge < -0.3 is 23.7 Å². The minimum atomic E-state index is -0.0405. The van der Waals surface area contributed by atoms with Crippen LogP contribution in [0.5, 0.6) is 11.5 Å². The summed E-state index contributed by atoms with van der Waals surface area (Å²) in [6, 6.07) is 9.69. The molecule has 7 heteroatoms. The maximum absolute atomic E-state index is 13.6. The number of rotatable bonds is 14. The third kappa shape index (κ3) is 8.04. The third-order valence-electron chi connectivity index (χ3n) is 7.03. The van der Waals surface area contributed by atoms with Crippen LogP contribution in [0.4, 0.5) is 0 Å². The molecular weight excluding hydrogens is 456 g/mol. The Morgan fingerprint density at radius 2 is 1.78 bits per heavy atom. The molecule has 1 heterocycles. The van der Waals surface area contributed by atoms with Crippen LogP contribution in [0, 0.1) is 0 Å². The zero-order valence-corrected chi connectivity index (χ0v) is 22.2. The molecule has 1 aromatic heterocycles. The molecule has 1 saturated carbocycles. The molecule has 198 valence electrons. The molecule has 1 fully saturated rings. The lowest BCUT2D eigenvalue weighted by Gasteiger charge is -2.35. The van der Waals surface area contributed by atoms with Crippen LogP contribution in [-0.2, 0) is 22.6 Å². The van der Waals surface area contributed by atoms with Gasteiger partial charge in [-0.25, -0.2) is 0 Å². The summed E-state index contributed by atoms with van der Waals surface area (Å²) >= 11 is 0. The van der Waals surface area contributed by atoms with Gasteiger partial charge in [-0.1, -0.05) is 45.1 Å². The second-order valence-corrected chi connectivity index (χ2v) is 9.60. The van der Waals surface area contributed by atoms with Gasteiger partial charge >= 0.3 is 0 Å². The summed E-state index contributed by atoms with van der Waals surface area (Å²) in [5.74, 6) is 2.14. The Kier molecular flexibility index (Phi) is 11.2. The van der Waals surface area contributed by atoms with E-state index in [4.69, 9.17) is 13.9 Å². The predicted molar refractivity (Wildman–Crippen MR) is 140 cm³/mol. The normalized spacial score (nSPS) is 13.9. The van der Waals surface area contributed by atoms with Gasteiger partial charge in [-0.3, -0.25) is 9.59 Å². The van der Waals surface area contributed by atoms with Crippen molar-refractivity contribution in [2.24, 2.45) is 0 Å². The number of nitrogens with zero attached hydrogens (tertiary/aromatic N) is 2. The van der Waals surface area contributed by atoms with E-state index in [0.29, 0.717) is 37.4 Å². The Bertz CT molecular complexity index is 937. The number of amides is 2. The fourth-order valence-electron chi connectivity index (χ4n) is 4.91. The number of unbranched alkanes of at least 4 members (excludes halogenated alkanes) is 2. The molecule has 2 aromatic rings. The average molecular weight is 499 g/mol. The van der Waals surface area contributed by atoms with Crippen molar-refractivity contribution in [3.05, 3.63) is 47.9 Å². The molecule has 0 aliphatic heterocycles. The van der Waals surface area contributed by atoms with Crippen molar-refractivity contribution in [2.75, 3.05) is 27.3 Å². The first-order valence-corrected chi connectivity index (χ1v) is 13.4. The van der Waals surface area contributed by atoms with Crippen molar-refractivity contribution in [1.29, 1.82) is 0 Å². The van der Waals surface area contributed by atoms with Crippen LogP contribution in [0.15, 0.2) is 41.0 Å². The molecule has 36 heavy (non-hydrogen) atoms. The van der Waals surface area contributed by atoms with E-state index in [1.165, 1.54) is 6.42 Å². The predicted octanol–water partition coefficient (Wildman–Crippen LogP) is 5.61. The van der Waals surface area contributed by atoms with Gasteiger partial charge in [0, 0.05) is 19.0 Å². The SMILES string of the molecule is CCCCCC(=O)N(CC(=O)N(CCc1ccc(OC)c(OC)c1)Cc1ccco1)C1CCCCC1. The molecule has 0 unspecified atom stereocenters. The van der Waals surface area contributed by atoms with Crippen LogP contribution in [0.3, 0.4) is 0 Å². The van der Waals surface area contributed by atoms with Crippen LogP contribution in [0.25, 0.3) is 0 Å². The number of ether oxygens (including phenoxy) is 2. The molecule has 0 spiro atoms. The average Bonchev–Trinajstić information content (AvgIpc) is 3.43. The van der Waals surface area contributed by atoms with E-state index in [0.717, 1.165) is 56.3 Å². The Morgan fingerprint density at radius 3 is 2.44 bits per heavy atom. The summed E-state index contributed by atoms with van der Waals surface area (Å²) in [4.78, 5) is 30.5. The number of hydrogen-bond donors (Lipinski definition) is 0. The monoisotopic (exact) mass is 498 g/mol. The molecule has 1 aromatic carbocycles. The topological polar surface area (TPSA) is 72.2 Å². The van der Waals surface area contributed by atoms with Crippen LogP contribution < -0.4 is 9.47 Å². The number of carbonyl (C=O) groups is 2. The Hall–Kier alpha value is -2.96. The number of methoxy groups -OCH3 is 2. The van der Waals surface area contributed by atoms with E-state index in [2.05, 4.69) is 6.92 Å². The summed E-state index contributed by atoms with van der Waals surface area (Å²) < 4.78 is 16.3. The molecule has 1 aliphatic carbocycles. The fraction of sp³-hybridized carbons (Fsp3) is 0.586. The largest absolute Gasteiger partial charge is 0.493 e. The van der Waals surface area contributed by atoms with Crippen LogP contribution in [-0.4, -0.2) is 55.0 Å². The van der Waals surface area contributed by atoms with Crippen molar-refractivity contribution >= 4 is 11.8 Å². The van der Waals surface area contributed by atoms with Gasteiger partial charge in [-0.05, 0) is 55.5 Å². The van der Waals surface area contributed by atoms with Gasteiger partial charge in [0.1, 0.15) is 12.3 Å². The van der Waals surface area contributed by atoms with Crippen molar-refractivity contribution in [3.8, 4) is 11.5 Å². The Morgan fingerprint density at radius 1 is 1.00 bits per heavy atom. The molecular formula is C29H42N2O5. The summed E-state index contributed by atoms with van der Waals surface area (Å²) in [5, 5.41) is 0. The first kappa shape index (κ1) is 27.6. The van der Waals surface area contributed by atoms with Crippen molar-refractivity contribution in [2.45, 2.75) is 83.7 Å². The molecule has 1 aliphatic rings. The van der Waals surface area contributed by atoms with Gasteiger partial charge in [0.05, 0.1) is 27.0 Å². The maximum Gasteiger partial charge on any atom is 0.242 e. The van der Waals surface area contributed by atoms with Gasteiger partial charge in [0.2, 0.25) is 11.8 Å². The molecule has 0 radical (unpaired) electrons. The van der Waals surface area contributed by atoms with Crippen LogP contribution in [0.2, 0.25) is 0 Å². The number of benzene rings is 1. The first-order chi connectivity index (χ1) is 17.5. The summed E-state index contributed by atoms with van der Waals surface area (Å²) in [6.45, 7) is 3.15. The summed E-state index contributed by atoms with van der Waals surface area (Å²) in [5.41, 5.74) is 1.05. The Labute approximate surface area is 215 Å². The van der Waals surface area contributed by atoms with Crippen molar-refractivity contribution < 1.29 is 23.5 Å². The quantitative estimate of drug-likeness (QED) is 0.317. The van der Waals surface area contributed by atoms with Gasteiger partial charge in [0.15, 0.2) is 11.5 Å². The van der Waals surface area contributed by atoms with E-state index in [9.17, 15) is 9.59 Å². The molecule has 7 nitrogen and oxygen atoms in total. The summed E-state index contributed by atoms with van der Waals surface area (Å²) in [6.07, 6.45) is 11.2. The number of hydrogen-bond acceptors (Lipinski definition) is 5. The van der Waals surface area contributed by atoms with Crippen molar-refractivity contribution in [3.63, 3.8) is 0 Å². The van der Waals surface area contributed by atoms with Gasteiger partial charge in [0.25, 0.3) is 0 Å². The molecule has 0 atom stereocenters. The van der Waals surface area contributed by atoms with Crippen molar-refractivity contribution in [1.82, 2.24) is 9.80 Å². The summed E-state index contributed by atoms with van der Waals surface area (Å²) in [7, 11) is 3.23. The van der Waals surface area contributed by atoms with Crippen LogP contribution in [0.1, 0.15) is 76.0 Å². The third-order valence-corrected chi connectivity index (χ3v) is 7.03. The van der Waals surface area contributed by atoms with Gasteiger partial charge in [-0.2, -0.15) is 0 Å². The highest BCUT2D eigenvalue weighted by molar-refractivity contribution is 5.85. The molecule has 0 saturated heterocycles. The highest BCUT2D eigenvalue weighted by atomic mass is 16.5. The smallest absolute Gasteiger partial charge is 0.242 e. The second-order valence-electron chi connectivity index (χ2n) is 9.60. The highest BCUT2D eigenvalue weighted by Gasteiger charge is 2.29. The minimum absolute atomic E-state index is 0.0405. The molecule has 2 amide bonds. The van der Waals surface area contributed by atoms with E-state index in [1.807, 2.05) is 40.1 Å². The Balaban J connectivity index is 1.73. The van der Waals surface area contributed by atoms with E-state index < -0.39 is 0 Å². The lowest BCUT2D eigenvalue weighted by Crippen LogP contribution is -2.48. The molecule has 0 bridgehead atoms. The lowest BCUT2D eigenvalue weighted by molar-refractivity contribution is -0.143. The maximum atomic E-state index is 13.6. The zero-order valence-electron chi connectivity index (χ0n) is 22.2. The van der Waals surface area contributed by atoms with E-state index in [1.54, 1.807) is 20.5 Å². The molecule has 3 rings (SSSR count). The standard InChI is InChI=1S/C29H42N2O5/c1-4-5-7-14-28(32)31(24-11-8-6-9-12-24)22-29(33)30(21-25-13-10-19-36-25)18-17-23-15-16-26(34-2)27(20-23)35-3/h10,13,15-16,19-20,24H,4-9,11-12,14,17-18,21-22H2,1-3H3. The van der Waals surface area contributed by atoms with Crippen LogP contribution >= 0.6 is 0 Å². The van der Waals surface area contributed by atoms with E-state index >= 15 is 0 Å². The van der Waals surface area contributed by atoms with E-state index in [-0.39, 0.29) is 24.4 Å². The zero-order chi connectivity index (χ0) is 25.8. The highest BCUT2D eigenvalue weighted by Crippen LogP contribution is 2.28. The number of carbonyl (C=O) groups excluding carboxylic acids is 2. The fourth-order valence-corrected chi connectivity index (χ4v) is 4.91. The number of furan rings is 1. The van der Waals surface area contributed by atoms with Gasteiger partial charge in [-0.15, -0.1) is 0 Å². The molecule has 0 N–H and O–H groups in total. The minimum Gasteiger partial charge on any atom is -0.493 e. The first-order valence-electron chi connectivity index (χ1n) is 13.4. The lowest BCUT2D eigenvalue weighted by atomic mass is 9.93. The second kappa shape index (κ2) is 14.6.